The van der Waals surface area contributed by atoms with Crippen LogP contribution < -0.4 is 4.90 Å². The van der Waals surface area contributed by atoms with E-state index in [0.717, 1.165) is 65.4 Å². The van der Waals surface area contributed by atoms with Crippen molar-refractivity contribution in [2.75, 3.05) is 31.6 Å². The number of hydrogen-bond acceptors (Lipinski definition) is 10. The van der Waals surface area contributed by atoms with Crippen molar-refractivity contribution in [1.29, 1.82) is 0 Å². The molecular formula is C35H58N6O5SSi2. The molecule has 11 nitrogen and oxygen atoms in total. The van der Waals surface area contributed by atoms with Gasteiger partial charge >= 0.3 is 6.09 Å². The maximum absolute atomic E-state index is 13.3. The summed E-state index contributed by atoms with van der Waals surface area (Å²) in [5.74, 6) is 1.04. The minimum atomic E-state index is -1.27. The summed E-state index contributed by atoms with van der Waals surface area (Å²) in [7, 11) is -2.54. The highest BCUT2D eigenvalue weighted by molar-refractivity contribution is 7.15. The molecule has 2 bridgehead atoms. The zero-order chi connectivity index (χ0) is 35.7. The molecule has 3 unspecified atom stereocenters. The van der Waals surface area contributed by atoms with Gasteiger partial charge in [0, 0.05) is 65.3 Å². The molecule has 1 amide bonds. The highest BCUT2D eigenvalue weighted by Crippen LogP contribution is 2.44. The van der Waals surface area contributed by atoms with Crippen LogP contribution >= 0.6 is 11.3 Å². The third-order valence-electron chi connectivity index (χ3n) is 9.19. The molecule has 0 saturated carbocycles. The topological polar surface area (TPSA) is 115 Å². The molecule has 2 aliphatic rings. The van der Waals surface area contributed by atoms with Crippen LogP contribution in [0.2, 0.25) is 51.4 Å². The number of thiazole rings is 1. The fraction of sp³-hybridized carbons (Fsp3) is 0.714. The molecule has 1 N–H and O–H groups in total. The van der Waals surface area contributed by atoms with E-state index >= 15 is 0 Å². The Morgan fingerprint density at radius 2 is 1.61 bits per heavy atom. The number of anilines is 1. The molecule has 0 aliphatic carbocycles. The first-order valence-electron chi connectivity index (χ1n) is 17.8. The van der Waals surface area contributed by atoms with Gasteiger partial charge in [-0.3, -0.25) is 0 Å². The van der Waals surface area contributed by atoms with Gasteiger partial charge in [-0.2, -0.15) is 9.61 Å². The van der Waals surface area contributed by atoms with E-state index in [1.54, 1.807) is 13.1 Å². The third-order valence-corrected chi connectivity index (χ3v) is 13.8. The standard InChI is InChI=1S/C35H58N6O5SSi2/c1-24(42)33-36-21-30(47-33)28-20-37-41-31(39(22-44-13-15-48(5,6)7)23-45-14-16-49(8,9)10)19-29(38-32(28)41)25-17-26-11-12-27(18-25)40(26)34(43)46-35(2,3)4/h19-21,24-27,42H,11-18,22-23H2,1-10H3/t24?,25?,26-,27?/m1/s1. The molecule has 0 aromatic carbocycles. The van der Waals surface area contributed by atoms with Crippen molar-refractivity contribution in [1.82, 2.24) is 24.5 Å². The van der Waals surface area contributed by atoms with E-state index in [4.69, 9.17) is 24.3 Å². The lowest BCUT2D eigenvalue weighted by Gasteiger charge is -2.39. The van der Waals surface area contributed by atoms with Crippen molar-refractivity contribution < 1.29 is 24.1 Å². The van der Waals surface area contributed by atoms with Gasteiger partial charge in [-0.1, -0.05) is 39.3 Å². The Labute approximate surface area is 298 Å². The van der Waals surface area contributed by atoms with Crippen LogP contribution in [0.25, 0.3) is 16.1 Å². The normalized spacial score (nSPS) is 20.6. The number of carbonyl (C=O) groups is 1. The van der Waals surface area contributed by atoms with Gasteiger partial charge in [0.05, 0.1) is 16.6 Å². The summed E-state index contributed by atoms with van der Waals surface area (Å²) in [5.41, 5.74) is 2.07. The van der Waals surface area contributed by atoms with Crippen molar-refractivity contribution in [3.05, 3.63) is 29.2 Å². The Hall–Kier alpha value is -2.37. The second-order valence-electron chi connectivity index (χ2n) is 17.2. The van der Waals surface area contributed by atoms with Crippen molar-refractivity contribution in [2.24, 2.45) is 0 Å². The molecule has 4 atom stereocenters. The average Bonchev–Trinajstić information content (AvgIpc) is 3.70. The summed E-state index contributed by atoms with van der Waals surface area (Å²) < 4.78 is 20.4. The van der Waals surface area contributed by atoms with Crippen molar-refractivity contribution in [3.8, 4) is 10.4 Å². The molecule has 272 valence electrons. The number of aromatic nitrogens is 4. The number of amides is 1. The largest absolute Gasteiger partial charge is 0.444 e. The first-order chi connectivity index (χ1) is 22.9. The minimum Gasteiger partial charge on any atom is -0.444 e. The summed E-state index contributed by atoms with van der Waals surface area (Å²) in [6.45, 7) is 23.8. The second-order valence-corrected chi connectivity index (χ2v) is 29.6. The molecule has 0 spiro atoms. The van der Waals surface area contributed by atoms with Gasteiger partial charge in [-0.15, -0.1) is 11.3 Å². The minimum absolute atomic E-state index is 0.116. The van der Waals surface area contributed by atoms with Crippen LogP contribution in [0.1, 0.15) is 76.1 Å². The van der Waals surface area contributed by atoms with E-state index in [0.29, 0.717) is 31.7 Å². The van der Waals surface area contributed by atoms with Crippen molar-refractivity contribution >= 4 is 45.0 Å². The van der Waals surface area contributed by atoms with E-state index in [2.05, 4.69) is 55.2 Å². The number of piperidine rings is 1. The fourth-order valence-corrected chi connectivity index (χ4v) is 8.86. The van der Waals surface area contributed by atoms with Crippen LogP contribution in [0.15, 0.2) is 18.5 Å². The summed E-state index contributed by atoms with van der Waals surface area (Å²) in [6, 6.07) is 4.55. The van der Waals surface area contributed by atoms with Crippen LogP contribution in [0.4, 0.5) is 10.6 Å². The molecule has 0 radical (unpaired) electrons. The SMILES string of the molecule is CC(O)c1ncc(-c2cnn3c(N(COCC[Si](C)(C)C)COCC[Si](C)(C)C)cc(C4CC5CC[C@H](C4)N5C(=O)OC(C)(C)C)nc23)s1. The van der Waals surface area contributed by atoms with Crippen LogP contribution in [-0.4, -0.2) is 96.2 Å². The number of fused-ring (bicyclic) bond motifs is 3. The van der Waals surface area contributed by atoms with Crippen LogP contribution in [0.5, 0.6) is 0 Å². The Kier molecular flexibility index (Phi) is 11.7. The Bertz CT molecular complexity index is 1540. The van der Waals surface area contributed by atoms with Gasteiger partial charge in [-0.25, -0.2) is 14.8 Å². The number of hydrogen-bond donors (Lipinski definition) is 1. The van der Waals surface area contributed by atoms with Gasteiger partial charge in [0.25, 0.3) is 0 Å². The quantitative estimate of drug-likeness (QED) is 0.100. The average molecular weight is 731 g/mol. The first kappa shape index (κ1) is 37.9. The maximum atomic E-state index is 13.3. The van der Waals surface area contributed by atoms with E-state index < -0.39 is 27.9 Å². The molecule has 5 heterocycles. The second kappa shape index (κ2) is 15.1. The van der Waals surface area contributed by atoms with E-state index in [-0.39, 0.29) is 24.1 Å². The predicted molar refractivity (Wildman–Crippen MR) is 202 cm³/mol. The molecular weight excluding hydrogens is 673 g/mol. The van der Waals surface area contributed by atoms with Gasteiger partial charge in [0.15, 0.2) is 5.65 Å². The van der Waals surface area contributed by atoms with Gasteiger partial charge in [-0.05, 0) is 65.5 Å². The van der Waals surface area contributed by atoms with Crippen LogP contribution in [-0.2, 0) is 14.2 Å². The van der Waals surface area contributed by atoms with Crippen LogP contribution in [0, 0.1) is 0 Å². The molecule has 49 heavy (non-hydrogen) atoms. The molecule has 3 aromatic heterocycles. The number of rotatable bonds is 14. The molecule has 2 fully saturated rings. The lowest BCUT2D eigenvalue weighted by Crippen LogP contribution is -2.48. The third kappa shape index (κ3) is 9.91. The molecule has 5 rings (SSSR count). The Morgan fingerprint density at radius 3 is 2.12 bits per heavy atom. The van der Waals surface area contributed by atoms with Crippen LogP contribution in [0.3, 0.4) is 0 Å². The Balaban J connectivity index is 1.51. The smallest absolute Gasteiger partial charge is 0.410 e. The summed E-state index contributed by atoms with van der Waals surface area (Å²) in [5, 5.41) is 15.7. The van der Waals surface area contributed by atoms with Crippen molar-refractivity contribution in [3.63, 3.8) is 0 Å². The summed E-state index contributed by atoms with van der Waals surface area (Å²) in [4.78, 5) is 28.1. The van der Waals surface area contributed by atoms with Gasteiger partial charge < -0.3 is 29.1 Å². The number of ether oxygens (including phenoxy) is 3. The first-order valence-corrected chi connectivity index (χ1v) is 26.1. The number of aliphatic hydroxyl groups excluding tert-OH is 1. The zero-order valence-electron chi connectivity index (χ0n) is 31.3. The summed E-state index contributed by atoms with van der Waals surface area (Å²) in [6.07, 6.45) is 6.38. The molecule has 14 heteroatoms. The van der Waals surface area contributed by atoms with Crippen molar-refractivity contribution in [2.45, 2.75) is 134 Å². The Morgan fingerprint density at radius 1 is 1.02 bits per heavy atom. The highest BCUT2D eigenvalue weighted by Gasteiger charge is 2.45. The predicted octanol–water partition coefficient (Wildman–Crippen LogP) is 7.98. The highest BCUT2D eigenvalue weighted by atomic mass is 32.1. The lowest BCUT2D eigenvalue weighted by molar-refractivity contribution is 0.00568. The summed E-state index contributed by atoms with van der Waals surface area (Å²) >= 11 is 1.46. The van der Waals surface area contributed by atoms with E-state index in [9.17, 15) is 9.90 Å². The monoisotopic (exact) mass is 730 g/mol. The molecule has 2 saturated heterocycles. The van der Waals surface area contributed by atoms with E-state index in [1.165, 1.54) is 11.3 Å². The number of carbonyl (C=O) groups excluding carboxylic acids is 1. The maximum Gasteiger partial charge on any atom is 0.410 e. The molecule has 2 aliphatic heterocycles. The molecule has 3 aromatic rings. The fourth-order valence-electron chi connectivity index (χ4n) is 6.49. The van der Waals surface area contributed by atoms with Gasteiger partial charge in [0.2, 0.25) is 0 Å². The van der Waals surface area contributed by atoms with E-state index in [1.807, 2.05) is 36.4 Å². The zero-order valence-corrected chi connectivity index (χ0v) is 34.1. The van der Waals surface area contributed by atoms with Gasteiger partial charge in [0.1, 0.15) is 36.0 Å². The lowest BCUT2D eigenvalue weighted by atomic mass is 9.88. The number of aliphatic hydroxyl groups is 1. The number of nitrogens with zero attached hydrogens (tertiary/aromatic N) is 6.